The van der Waals surface area contributed by atoms with Crippen LogP contribution in [-0.4, -0.2) is 61.4 Å². The summed E-state index contributed by atoms with van der Waals surface area (Å²) in [5.74, 6) is 2.80. The topological polar surface area (TPSA) is 65.9 Å². The monoisotopic (exact) mass is 473 g/mol. The molecule has 3 aromatic rings. The minimum Gasteiger partial charge on any atom is -0.493 e. The number of pyridine rings is 2. The smallest absolute Gasteiger partial charge is 0.163 e. The van der Waals surface area contributed by atoms with Crippen molar-refractivity contribution < 1.29 is 18.9 Å². The Hall–Kier alpha value is -3.16. The lowest BCUT2D eigenvalue weighted by Crippen LogP contribution is -2.44. The van der Waals surface area contributed by atoms with Gasteiger partial charge in [0.15, 0.2) is 11.5 Å². The normalized spacial score (nSPS) is 18.4. The first-order valence-corrected chi connectivity index (χ1v) is 12.3. The number of nitrogens with zero attached hydrogens (tertiary/aromatic N) is 3. The molecular weight excluding hydrogens is 442 g/mol. The van der Waals surface area contributed by atoms with Crippen molar-refractivity contribution >= 4 is 17.0 Å². The van der Waals surface area contributed by atoms with Crippen LogP contribution in [0.2, 0.25) is 0 Å². The van der Waals surface area contributed by atoms with Crippen LogP contribution in [0.4, 0.5) is 0 Å². The van der Waals surface area contributed by atoms with Crippen molar-refractivity contribution in [1.82, 2.24) is 14.9 Å². The first-order valence-electron chi connectivity index (χ1n) is 12.3. The predicted molar refractivity (Wildman–Crippen MR) is 134 cm³/mol. The summed E-state index contributed by atoms with van der Waals surface area (Å²) in [6.45, 7) is 7.94. The van der Waals surface area contributed by atoms with E-state index in [0.717, 1.165) is 67.8 Å². The summed E-state index contributed by atoms with van der Waals surface area (Å²) in [5.41, 5.74) is 4.76. The molecule has 3 aliphatic rings. The van der Waals surface area contributed by atoms with Gasteiger partial charge in [0, 0.05) is 42.6 Å². The van der Waals surface area contributed by atoms with E-state index in [1.54, 1.807) is 19.5 Å². The highest BCUT2D eigenvalue weighted by Crippen LogP contribution is 2.39. The Morgan fingerprint density at radius 2 is 2.03 bits per heavy atom. The van der Waals surface area contributed by atoms with E-state index in [-0.39, 0.29) is 0 Å². The molecule has 0 unspecified atom stereocenters. The summed E-state index contributed by atoms with van der Waals surface area (Å²) in [6, 6.07) is 7.79. The fourth-order valence-electron chi connectivity index (χ4n) is 5.33. The van der Waals surface area contributed by atoms with Crippen LogP contribution in [0.15, 0.2) is 42.2 Å². The third-order valence-corrected chi connectivity index (χ3v) is 7.25. The number of aromatic nitrogens is 2. The van der Waals surface area contributed by atoms with Crippen molar-refractivity contribution in [3.05, 3.63) is 53.5 Å². The van der Waals surface area contributed by atoms with E-state index in [9.17, 15) is 0 Å². The van der Waals surface area contributed by atoms with Gasteiger partial charge >= 0.3 is 0 Å². The van der Waals surface area contributed by atoms with Crippen molar-refractivity contribution in [2.24, 2.45) is 5.41 Å². The van der Waals surface area contributed by atoms with E-state index in [1.807, 2.05) is 24.3 Å². The van der Waals surface area contributed by atoms with Gasteiger partial charge in [-0.25, -0.2) is 0 Å². The Kier molecular flexibility index (Phi) is 5.82. The molecule has 2 saturated heterocycles. The first kappa shape index (κ1) is 22.3. The average molecular weight is 474 g/mol. The lowest BCUT2D eigenvalue weighted by Gasteiger charge is -2.37. The highest BCUT2D eigenvalue weighted by atomic mass is 16.5. The lowest BCUT2D eigenvalue weighted by atomic mass is 9.85. The van der Waals surface area contributed by atoms with Crippen LogP contribution >= 0.6 is 0 Å². The van der Waals surface area contributed by atoms with E-state index in [1.165, 1.54) is 12.0 Å². The van der Waals surface area contributed by atoms with E-state index in [0.29, 0.717) is 35.0 Å². The molecule has 7 nitrogen and oxygen atoms in total. The Balaban J connectivity index is 1.14. The second-order valence-electron chi connectivity index (χ2n) is 10.0. The molecule has 0 saturated carbocycles. The maximum atomic E-state index is 6.24. The lowest BCUT2D eigenvalue weighted by molar-refractivity contribution is -0.105. The van der Waals surface area contributed by atoms with E-state index in [4.69, 9.17) is 18.9 Å². The van der Waals surface area contributed by atoms with Crippen molar-refractivity contribution in [2.75, 3.05) is 46.6 Å². The molecule has 0 bridgehead atoms. The number of fused-ring (bicyclic) bond motifs is 2. The fraction of sp³-hybridized carbons (Fsp3) is 0.429. The quantitative estimate of drug-likeness (QED) is 0.432. The average Bonchev–Trinajstić information content (AvgIpc) is 3.44. The SMILES string of the molecule is COc1cc2c(Oc3cnc4c(c3)C=C(C)C4)ccnc2cc1OCCCN1CCC2(COC2)C1. The van der Waals surface area contributed by atoms with Gasteiger partial charge in [-0.2, -0.15) is 0 Å². The predicted octanol–water partition coefficient (Wildman–Crippen LogP) is 4.88. The largest absolute Gasteiger partial charge is 0.493 e. The third kappa shape index (κ3) is 4.46. The molecule has 0 N–H and O–H groups in total. The minimum absolute atomic E-state index is 0.430. The molecule has 2 aromatic heterocycles. The highest BCUT2D eigenvalue weighted by molar-refractivity contribution is 5.88. The van der Waals surface area contributed by atoms with Gasteiger partial charge in [-0.3, -0.25) is 9.97 Å². The Morgan fingerprint density at radius 3 is 2.83 bits per heavy atom. The van der Waals surface area contributed by atoms with Crippen LogP contribution in [0.1, 0.15) is 31.0 Å². The van der Waals surface area contributed by atoms with Crippen LogP contribution in [0.25, 0.3) is 17.0 Å². The second-order valence-corrected chi connectivity index (χ2v) is 10.0. The summed E-state index contributed by atoms with van der Waals surface area (Å²) in [6.07, 6.45) is 8.82. The maximum Gasteiger partial charge on any atom is 0.163 e. The van der Waals surface area contributed by atoms with Crippen LogP contribution in [-0.2, 0) is 11.2 Å². The number of hydrogen-bond donors (Lipinski definition) is 0. The number of likely N-dealkylation sites (tertiary alicyclic amines) is 1. The molecule has 0 amide bonds. The Morgan fingerprint density at radius 1 is 1.11 bits per heavy atom. The van der Waals surface area contributed by atoms with Crippen LogP contribution in [0.3, 0.4) is 0 Å². The van der Waals surface area contributed by atoms with Gasteiger partial charge in [-0.15, -0.1) is 0 Å². The maximum absolute atomic E-state index is 6.24. The molecule has 6 rings (SSSR count). The van der Waals surface area contributed by atoms with Gasteiger partial charge in [0.05, 0.1) is 44.3 Å². The summed E-state index contributed by atoms with van der Waals surface area (Å²) < 4.78 is 23.5. The van der Waals surface area contributed by atoms with Crippen molar-refractivity contribution in [3.8, 4) is 23.0 Å². The molecule has 182 valence electrons. The second kappa shape index (κ2) is 9.13. The fourth-order valence-corrected chi connectivity index (χ4v) is 5.33. The zero-order chi connectivity index (χ0) is 23.8. The van der Waals surface area contributed by atoms with Gasteiger partial charge in [-0.1, -0.05) is 11.6 Å². The summed E-state index contributed by atoms with van der Waals surface area (Å²) in [4.78, 5) is 11.6. The summed E-state index contributed by atoms with van der Waals surface area (Å²) in [7, 11) is 1.66. The van der Waals surface area contributed by atoms with Gasteiger partial charge in [-0.05, 0) is 50.1 Å². The number of rotatable bonds is 8. The van der Waals surface area contributed by atoms with Crippen molar-refractivity contribution in [1.29, 1.82) is 0 Å². The molecule has 1 spiro atoms. The summed E-state index contributed by atoms with van der Waals surface area (Å²) >= 11 is 0. The zero-order valence-corrected chi connectivity index (χ0v) is 20.4. The zero-order valence-electron chi connectivity index (χ0n) is 20.4. The summed E-state index contributed by atoms with van der Waals surface area (Å²) in [5, 5.41) is 0.869. The van der Waals surface area contributed by atoms with Crippen molar-refractivity contribution in [2.45, 2.75) is 26.2 Å². The molecular formula is C28H31N3O4. The van der Waals surface area contributed by atoms with E-state index >= 15 is 0 Å². The van der Waals surface area contributed by atoms with Crippen LogP contribution < -0.4 is 14.2 Å². The molecule has 2 fully saturated rings. The van der Waals surface area contributed by atoms with E-state index < -0.39 is 0 Å². The van der Waals surface area contributed by atoms with Gasteiger partial charge in [0.2, 0.25) is 0 Å². The number of allylic oxidation sites excluding steroid dienone is 1. The minimum atomic E-state index is 0.430. The van der Waals surface area contributed by atoms with Gasteiger partial charge < -0.3 is 23.8 Å². The standard InChI is InChI=1S/C28H31N3O4/c1-19-10-20-12-21(15-30-23(20)11-19)35-25-4-6-29-24-14-27(26(32-2)13-22(24)25)34-9-3-7-31-8-5-28(16-31)17-33-18-28/h4,6,10,12-15H,3,5,7-9,11,16-18H2,1-2H3. The Bertz CT molecular complexity index is 1280. The third-order valence-electron chi connectivity index (χ3n) is 7.25. The molecule has 0 radical (unpaired) electrons. The molecule has 4 heterocycles. The van der Waals surface area contributed by atoms with Crippen LogP contribution in [0, 0.1) is 5.41 Å². The van der Waals surface area contributed by atoms with Gasteiger partial charge in [0.1, 0.15) is 11.5 Å². The molecule has 35 heavy (non-hydrogen) atoms. The molecule has 0 atom stereocenters. The number of benzene rings is 1. The van der Waals surface area contributed by atoms with Crippen molar-refractivity contribution in [3.63, 3.8) is 0 Å². The number of methoxy groups -OCH3 is 1. The molecule has 1 aromatic carbocycles. The van der Waals surface area contributed by atoms with Crippen LogP contribution in [0.5, 0.6) is 23.0 Å². The molecule has 1 aliphatic carbocycles. The van der Waals surface area contributed by atoms with E-state index in [2.05, 4.69) is 27.9 Å². The molecule has 2 aliphatic heterocycles. The highest BCUT2D eigenvalue weighted by Gasteiger charge is 2.43. The number of hydrogen-bond acceptors (Lipinski definition) is 7. The number of ether oxygens (including phenoxy) is 4. The Labute approximate surface area is 205 Å². The molecule has 7 heteroatoms. The van der Waals surface area contributed by atoms with Gasteiger partial charge in [0.25, 0.3) is 0 Å². The first-order chi connectivity index (χ1) is 17.1.